The molecule has 0 aliphatic heterocycles. The highest BCUT2D eigenvalue weighted by Crippen LogP contribution is 2.34. The predicted molar refractivity (Wildman–Crippen MR) is 382 cm³/mol. The highest BCUT2D eigenvalue weighted by molar-refractivity contribution is 9.10. The van der Waals surface area contributed by atoms with Gasteiger partial charge >= 0.3 is 35.8 Å². The third-order valence-corrected chi connectivity index (χ3v) is 21.0. The van der Waals surface area contributed by atoms with E-state index in [9.17, 15) is 28.8 Å². The highest BCUT2D eigenvalue weighted by atomic mass is 79.9. The Morgan fingerprint density at radius 2 is 0.553 bits per heavy atom. The maximum Gasteiger partial charge on any atom is 0.338 e. The van der Waals surface area contributed by atoms with Gasteiger partial charge in [-0.2, -0.15) is 0 Å². The Morgan fingerprint density at radius 1 is 0.330 bits per heavy atom. The van der Waals surface area contributed by atoms with Crippen LogP contribution in [-0.4, -0.2) is 88.9 Å². The summed E-state index contributed by atoms with van der Waals surface area (Å²) in [6.07, 6.45) is 0.449. The van der Waals surface area contributed by atoms with Crippen molar-refractivity contribution >= 4 is 116 Å². The summed E-state index contributed by atoms with van der Waals surface area (Å²) in [6.45, 7) is 11.1. The lowest BCUT2D eigenvalue weighted by Gasteiger charge is -2.14. The second-order valence-corrected chi connectivity index (χ2v) is 33.0. The molecule has 0 bridgehead atoms. The molecule has 0 heterocycles. The first-order valence-electron chi connectivity index (χ1n) is 30.1. The van der Waals surface area contributed by atoms with E-state index in [1.165, 1.54) is 34.9 Å². The molecule has 0 aliphatic carbocycles. The molecule has 2 atom stereocenters. The Kier molecular flexibility index (Phi) is 29.3. The van der Waals surface area contributed by atoms with Crippen LogP contribution in [0.25, 0.3) is 0 Å². The number of halogens is 3. The van der Waals surface area contributed by atoms with E-state index in [-0.39, 0.29) is 95.1 Å². The average molecular weight is 1520 g/mol. The maximum absolute atomic E-state index is 12.4. The number of carbonyl (C=O) groups is 6. The largest absolute Gasteiger partial charge is 0.465 e. The summed E-state index contributed by atoms with van der Waals surface area (Å²) in [6, 6.07) is 82.8. The summed E-state index contributed by atoms with van der Waals surface area (Å²) in [5, 5.41) is 0. The van der Waals surface area contributed by atoms with E-state index >= 15 is 0 Å². The number of aryl methyl sites for hydroxylation is 1. The fraction of sp³-hybridized carbons (Fsp3) is 0.211. The molecule has 0 aliphatic rings. The van der Waals surface area contributed by atoms with E-state index in [0.29, 0.717) is 23.1 Å². The van der Waals surface area contributed by atoms with E-state index in [0.717, 1.165) is 14.7 Å². The van der Waals surface area contributed by atoms with Gasteiger partial charge < -0.3 is 28.4 Å². The summed E-state index contributed by atoms with van der Waals surface area (Å²) in [7, 11) is -0.806. The Balaban J connectivity index is 0.000000200. The van der Waals surface area contributed by atoms with Crippen LogP contribution in [0.4, 0.5) is 0 Å². The first-order valence-corrected chi connectivity index (χ1v) is 36.2. The Morgan fingerprint density at radius 3 is 0.830 bits per heavy atom. The van der Waals surface area contributed by atoms with Gasteiger partial charge in [-0.15, -0.1) is 0 Å². The molecule has 12 nitrogen and oxygen atoms in total. The van der Waals surface area contributed by atoms with Gasteiger partial charge in [-0.3, -0.25) is 14.4 Å². The molecular weight excluding hydrogens is 1440 g/mol. The zero-order valence-corrected chi connectivity index (χ0v) is 60.2. The van der Waals surface area contributed by atoms with Crippen molar-refractivity contribution < 1.29 is 57.2 Å². The lowest BCUT2D eigenvalue weighted by molar-refractivity contribution is -0.147. The van der Waals surface area contributed by atoms with Crippen molar-refractivity contribution in [1.29, 1.82) is 0 Å². The SMILES string of the molecule is CC(C)(Br)C(=O)OCCCOC(=O)c1ccc([S+](c2ccccc2)c2ccccc2)cc1.CC(C)(Br)C(=O)OCCOC(=O)c1ccc([S+](c2ccccc2)c2ccccc2)cc1.Cc1ccc([S+](c2ccccc2)c2ccc(C(=O)OCCOC(=O)C(C)Br)cc2)cc1. The zero-order valence-electron chi connectivity index (χ0n) is 53.0. The average Bonchev–Trinajstić information content (AvgIpc) is 0.886. The molecule has 18 heteroatoms. The van der Waals surface area contributed by atoms with E-state index < -0.39 is 26.6 Å². The van der Waals surface area contributed by atoms with Crippen LogP contribution in [0, 0.1) is 6.92 Å². The number of rotatable bonds is 25. The normalized spacial score (nSPS) is 11.7. The van der Waals surface area contributed by atoms with Crippen molar-refractivity contribution in [1.82, 2.24) is 0 Å². The molecule has 94 heavy (non-hydrogen) atoms. The monoisotopic (exact) mass is 1510 g/mol. The molecule has 0 amide bonds. The van der Waals surface area contributed by atoms with Crippen LogP contribution in [-0.2, 0) is 75.5 Å². The number of alkyl halides is 3. The molecule has 9 aromatic carbocycles. The fourth-order valence-electron chi connectivity index (χ4n) is 8.51. The number of carbonyl (C=O) groups excluding carboxylic acids is 6. The van der Waals surface area contributed by atoms with Crippen LogP contribution in [0.2, 0.25) is 0 Å². The second kappa shape index (κ2) is 37.4. The molecule has 0 N–H and O–H groups in total. The molecule has 0 saturated heterocycles. The zero-order chi connectivity index (χ0) is 67.5. The highest BCUT2D eigenvalue weighted by Gasteiger charge is 2.32. The minimum absolute atomic E-state index is 0.00775. The van der Waals surface area contributed by atoms with Gasteiger partial charge in [0.05, 0.1) is 62.6 Å². The third-order valence-electron chi connectivity index (χ3n) is 13.3. The van der Waals surface area contributed by atoms with E-state index in [1.807, 2.05) is 127 Å². The van der Waals surface area contributed by atoms with Crippen molar-refractivity contribution in [3.63, 3.8) is 0 Å². The molecule has 9 aromatic rings. The third kappa shape index (κ3) is 23.3. The first kappa shape index (κ1) is 73.7. The Labute approximate surface area is 584 Å². The Hall–Kier alpha value is -7.71. The van der Waals surface area contributed by atoms with Gasteiger partial charge in [-0.25, -0.2) is 14.4 Å². The molecule has 0 spiro atoms. The van der Waals surface area contributed by atoms with Crippen LogP contribution in [0.15, 0.2) is 293 Å². The minimum atomic E-state index is -0.762. The minimum Gasteiger partial charge on any atom is -0.465 e. The van der Waals surface area contributed by atoms with E-state index in [4.69, 9.17) is 28.4 Å². The molecule has 0 fully saturated rings. The van der Waals surface area contributed by atoms with Crippen LogP contribution >= 0.6 is 47.8 Å². The van der Waals surface area contributed by atoms with Gasteiger partial charge in [0.2, 0.25) is 0 Å². The van der Waals surface area contributed by atoms with Gasteiger partial charge in [-0.05, 0) is 187 Å². The molecule has 0 saturated carbocycles. The lowest BCUT2D eigenvalue weighted by atomic mass is 10.2. The number of benzene rings is 9. The van der Waals surface area contributed by atoms with Crippen molar-refractivity contribution in [3.8, 4) is 0 Å². The maximum atomic E-state index is 12.4. The summed E-state index contributed by atoms with van der Waals surface area (Å²) in [5.41, 5.74) is 2.64. The van der Waals surface area contributed by atoms with Crippen LogP contribution < -0.4 is 0 Å². The second-order valence-electron chi connectivity index (χ2n) is 21.6. The lowest BCUT2D eigenvalue weighted by Crippen LogP contribution is -2.28. The first-order chi connectivity index (χ1) is 45.2. The number of hydrogen-bond donors (Lipinski definition) is 0. The number of ether oxygens (including phenoxy) is 6. The quantitative estimate of drug-likeness (QED) is 0.0176. The number of esters is 6. The fourth-order valence-corrected chi connectivity index (χ4v) is 15.1. The van der Waals surface area contributed by atoms with Crippen LogP contribution in [0.1, 0.15) is 77.7 Å². The molecule has 0 radical (unpaired) electrons. The molecule has 9 rings (SSSR count). The van der Waals surface area contributed by atoms with Crippen molar-refractivity contribution in [2.24, 2.45) is 0 Å². The van der Waals surface area contributed by atoms with E-state index in [1.54, 1.807) is 71.0 Å². The van der Waals surface area contributed by atoms with Crippen molar-refractivity contribution in [3.05, 3.63) is 271 Å². The van der Waals surface area contributed by atoms with Crippen LogP contribution in [0.3, 0.4) is 0 Å². The van der Waals surface area contributed by atoms with E-state index in [2.05, 4.69) is 140 Å². The van der Waals surface area contributed by atoms with Gasteiger partial charge in [0.25, 0.3) is 0 Å². The molecule has 486 valence electrons. The summed E-state index contributed by atoms with van der Waals surface area (Å²) < 4.78 is 29.5. The van der Waals surface area contributed by atoms with Gasteiger partial charge in [-0.1, -0.05) is 156 Å². The Bertz CT molecular complexity index is 3740. The van der Waals surface area contributed by atoms with Gasteiger partial charge in [0.1, 0.15) is 39.9 Å². The molecular formula is C76H74Br3O12S3+3. The predicted octanol–water partition coefficient (Wildman–Crippen LogP) is 17.3. The summed E-state index contributed by atoms with van der Waals surface area (Å²) in [5.74, 6) is -2.40. The van der Waals surface area contributed by atoms with Crippen molar-refractivity contribution in [2.45, 2.75) is 105 Å². The van der Waals surface area contributed by atoms with Crippen LogP contribution in [0.5, 0.6) is 0 Å². The molecule has 0 aromatic heterocycles. The summed E-state index contributed by atoms with van der Waals surface area (Å²) in [4.78, 5) is 82.1. The smallest absolute Gasteiger partial charge is 0.338 e. The number of hydrogen-bond acceptors (Lipinski definition) is 12. The molecule has 2 unspecified atom stereocenters. The standard InChI is InChI=1S/C26H26BrO4S.2C25H24BrO4S/c1-26(2,27)25(29)31-19-9-18-30-24(28)20-14-16-23(17-15-20)32(21-10-5-3-6-11-21)22-12-7-4-8-13-22;1-25(2,26)24(28)30-18-17-29-23(27)19-13-15-22(16-14-19)31(20-9-5-3-6-10-20)21-11-7-4-8-12-21;1-18-8-12-22(13-9-18)31(21-6-4-3-5-7-21)23-14-10-20(11-15-23)25(28)30-17-16-29-24(27)19(2)26/h3-8,10-17H,9,18-19H2,1-2H3;3-16H,17-18H2,1-2H3;3-15,19H,16-17H2,1-2H3/q3*+1. The van der Waals surface area contributed by atoms with Gasteiger partial charge in [0, 0.05) is 6.42 Å². The van der Waals surface area contributed by atoms with Crippen molar-refractivity contribution in [2.75, 3.05) is 39.6 Å². The topological polar surface area (TPSA) is 158 Å². The summed E-state index contributed by atoms with van der Waals surface area (Å²) >= 11 is 9.62. The van der Waals surface area contributed by atoms with Gasteiger partial charge in [0.15, 0.2) is 44.1 Å².